The summed E-state index contributed by atoms with van der Waals surface area (Å²) in [6, 6.07) is 75.6. The molecular weight excluding hydrogens is 1430 g/mol. The first-order chi connectivity index (χ1) is 55.5. The Morgan fingerprint density at radius 2 is 0.281 bits per heavy atom. The molecule has 0 radical (unpaired) electrons. The highest BCUT2D eigenvalue weighted by Gasteiger charge is 2.21. The molecule has 0 aromatic heterocycles. The van der Waals surface area contributed by atoms with Gasteiger partial charge in [-0.3, -0.25) is 0 Å². The van der Waals surface area contributed by atoms with E-state index in [0.29, 0.717) is 89.0 Å². The first kappa shape index (κ1) is 88.0. The maximum Gasteiger partial charge on any atom is 0.167 e. The van der Waals surface area contributed by atoms with Crippen molar-refractivity contribution >= 4 is 0 Å². The molecular formula is C106H116F8. The second-order valence-electron chi connectivity index (χ2n) is 30.2. The Morgan fingerprint density at radius 1 is 0.140 bits per heavy atom. The number of aryl methyl sites for hydroxylation is 8. The van der Waals surface area contributed by atoms with Crippen LogP contribution in [0, 0.1) is 46.5 Å². The molecule has 0 nitrogen and oxygen atoms in total. The molecule has 0 bridgehead atoms. The smallest absolute Gasteiger partial charge is 0.167 e. The predicted molar refractivity (Wildman–Crippen MR) is 467 cm³/mol. The molecule has 0 fully saturated rings. The lowest BCUT2D eigenvalue weighted by Crippen LogP contribution is -1.95. The summed E-state index contributed by atoms with van der Waals surface area (Å²) >= 11 is 0. The van der Waals surface area contributed by atoms with Gasteiger partial charge in [-0.15, -0.1) is 0 Å². The molecule has 0 aliphatic rings. The maximum absolute atomic E-state index is 14.9. The van der Waals surface area contributed by atoms with Gasteiger partial charge >= 0.3 is 0 Å². The number of rotatable bonds is 34. The van der Waals surface area contributed by atoms with Gasteiger partial charge < -0.3 is 0 Å². The molecule has 12 aromatic carbocycles. The molecule has 0 saturated heterocycles. The molecule has 0 N–H and O–H groups in total. The van der Waals surface area contributed by atoms with E-state index >= 15 is 0 Å². The molecule has 0 unspecified atom stereocenters. The van der Waals surface area contributed by atoms with Crippen molar-refractivity contribution in [2.75, 3.05) is 0 Å². The van der Waals surface area contributed by atoms with E-state index in [9.17, 15) is 35.1 Å². The topological polar surface area (TPSA) is 0 Å². The fourth-order valence-electron chi connectivity index (χ4n) is 14.4. The second-order valence-corrected chi connectivity index (χ2v) is 30.2. The van der Waals surface area contributed by atoms with Crippen LogP contribution in [0.4, 0.5) is 35.1 Å². The normalized spacial score (nSPS) is 11.0. The third-order valence-electron chi connectivity index (χ3n) is 21.6. The largest absolute Gasteiger partial charge is 0.203 e. The first-order valence-corrected chi connectivity index (χ1v) is 42.2. The zero-order valence-corrected chi connectivity index (χ0v) is 68.5. The summed E-state index contributed by atoms with van der Waals surface area (Å²) in [6.45, 7) is 17.3. The van der Waals surface area contributed by atoms with Crippen LogP contribution < -0.4 is 0 Å². The average molecular weight is 1540 g/mol. The van der Waals surface area contributed by atoms with E-state index in [1.807, 2.05) is 194 Å². The van der Waals surface area contributed by atoms with E-state index in [0.717, 1.165) is 103 Å². The Labute approximate surface area is 676 Å². The summed E-state index contributed by atoms with van der Waals surface area (Å²) in [4.78, 5) is 0. The summed E-state index contributed by atoms with van der Waals surface area (Å²) in [7, 11) is 0. The van der Waals surface area contributed by atoms with Gasteiger partial charge in [0.2, 0.25) is 0 Å². The van der Waals surface area contributed by atoms with E-state index in [4.69, 9.17) is 0 Å². The van der Waals surface area contributed by atoms with Crippen LogP contribution in [-0.4, -0.2) is 0 Å². The maximum atomic E-state index is 14.9. The van der Waals surface area contributed by atoms with Crippen LogP contribution in [0.2, 0.25) is 0 Å². The van der Waals surface area contributed by atoms with Crippen LogP contribution in [0.3, 0.4) is 0 Å². The van der Waals surface area contributed by atoms with E-state index in [2.05, 4.69) is 55.4 Å². The van der Waals surface area contributed by atoms with E-state index in [1.54, 1.807) is 48.5 Å². The molecule has 114 heavy (non-hydrogen) atoms. The highest BCUT2D eigenvalue weighted by atomic mass is 19.2. The summed E-state index contributed by atoms with van der Waals surface area (Å²) in [5.41, 5.74) is 17.9. The van der Waals surface area contributed by atoms with Gasteiger partial charge in [-0.1, -0.05) is 375 Å². The van der Waals surface area contributed by atoms with Crippen molar-refractivity contribution in [2.45, 2.75) is 222 Å². The van der Waals surface area contributed by atoms with Gasteiger partial charge in [-0.25, -0.2) is 35.1 Å². The van der Waals surface area contributed by atoms with Crippen molar-refractivity contribution in [3.8, 4) is 89.0 Å². The number of hydrogen-bond donors (Lipinski definition) is 0. The zero-order chi connectivity index (χ0) is 81.1. The van der Waals surface area contributed by atoms with Gasteiger partial charge in [-0.05, 0) is 179 Å². The average Bonchev–Trinajstić information content (AvgIpc) is 0.811. The van der Waals surface area contributed by atoms with Gasteiger partial charge in [0.1, 0.15) is 0 Å². The number of hydrogen-bond acceptors (Lipinski definition) is 0. The summed E-state index contributed by atoms with van der Waals surface area (Å²) in [5, 5.41) is 0. The zero-order valence-electron chi connectivity index (χ0n) is 68.5. The first-order valence-electron chi connectivity index (χ1n) is 42.2. The Hall–Kier alpha value is -9.92. The van der Waals surface area contributed by atoms with Crippen molar-refractivity contribution in [1.29, 1.82) is 0 Å². The number of unbranched alkanes of at least 4 members (excludes halogenated alkanes) is 11. The van der Waals surface area contributed by atoms with E-state index < -0.39 is 46.5 Å². The van der Waals surface area contributed by atoms with Gasteiger partial charge in [0.25, 0.3) is 0 Å². The Balaban J connectivity index is 0.000000174. The van der Waals surface area contributed by atoms with E-state index in [-0.39, 0.29) is 0 Å². The Bertz CT molecular complexity index is 4770. The standard InChI is InChI=1S/C28H32F2.C27H30F2.C26H28F2.C25H26F2/c1-3-5-7-9-21-11-15-23(16-12-21)25-19-20-26(28(30)27(25)29)24-17-13-22(14-18-24)10-8-6-4-2;1-3-5-7-9-21-12-16-23(17-13-21)25-19-18-24(26(28)27(25)29)22-14-10-20(11-15-22)8-6-4-2;1-3-5-6-8-20-11-15-22(16-12-20)24-18-17-23(25(27)26(24)28)21-13-9-19(7-4-2)10-14-21;1-3-5-6-7-19-10-14-21(15-11-19)23-17-16-22(24(26)25(23)27)20-12-8-18(4-2)9-13-20/h11-20H,3-10H2,1-2H3;10-19H,3-9H2,1-2H3;9-18H,3-8H2,1-2H3;8-17H,3-7H2,1-2H3. The minimum atomic E-state index is -0.788. The van der Waals surface area contributed by atoms with Crippen molar-refractivity contribution in [1.82, 2.24) is 0 Å². The molecule has 0 aliphatic carbocycles. The van der Waals surface area contributed by atoms with Gasteiger partial charge in [-0.2, -0.15) is 0 Å². The second kappa shape index (κ2) is 46.4. The molecule has 12 aromatic rings. The molecule has 0 aliphatic heterocycles. The van der Waals surface area contributed by atoms with Gasteiger partial charge in [0.05, 0.1) is 0 Å². The number of benzene rings is 12. The summed E-state index contributed by atoms with van der Waals surface area (Å²) in [6.07, 6.45) is 29.2. The lowest BCUT2D eigenvalue weighted by molar-refractivity contribution is 0.514. The summed E-state index contributed by atoms with van der Waals surface area (Å²) < 4.78 is 119. The molecule has 8 heteroatoms. The van der Waals surface area contributed by atoms with Crippen LogP contribution in [0.25, 0.3) is 89.0 Å². The highest BCUT2D eigenvalue weighted by Crippen LogP contribution is 2.38. The Morgan fingerprint density at radius 3 is 0.421 bits per heavy atom. The van der Waals surface area contributed by atoms with Crippen molar-refractivity contribution < 1.29 is 35.1 Å². The minimum absolute atomic E-state index is 0.301. The van der Waals surface area contributed by atoms with Crippen LogP contribution in [0.5, 0.6) is 0 Å². The van der Waals surface area contributed by atoms with Crippen LogP contribution in [0.15, 0.2) is 243 Å². The molecule has 0 saturated carbocycles. The lowest BCUT2D eigenvalue weighted by Gasteiger charge is -2.11. The highest BCUT2D eigenvalue weighted by molar-refractivity contribution is 5.76. The minimum Gasteiger partial charge on any atom is -0.203 e. The van der Waals surface area contributed by atoms with Crippen molar-refractivity contribution in [3.05, 3.63) is 334 Å². The molecule has 0 spiro atoms. The van der Waals surface area contributed by atoms with Crippen LogP contribution >= 0.6 is 0 Å². The molecule has 12 rings (SSSR count). The van der Waals surface area contributed by atoms with Crippen molar-refractivity contribution in [3.63, 3.8) is 0 Å². The fourth-order valence-corrected chi connectivity index (χ4v) is 14.4. The Kier molecular flexibility index (Phi) is 35.9. The molecule has 0 atom stereocenters. The quantitative estimate of drug-likeness (QED) is 0.0279. The summed E-state index contributed by atoms with van der Waals surface area (Å²) in [5.74, 6) is -6.26. The van der Waals surface area contributed by atoms with Crippen molar-refractivity contribution in [2.24, 2.45) is 0 Å². The monoisotopic (exact) mass is 1540 g/mol. The number of halogens is 8. The lowest BCUT2D eigenvalue weighted by atomic mass is 9.96. The van der Waals surface area contributed by atoms with Crippen LogP contribution in [0.1, 0.15) is 215 Å². The third-order valence-corrected chi connectivity index (χ3v) is 21.6. The van der Waals surface area contributed by atoms with E-state index in [1.165, 1.54) is 109 Å². The molecule has 0 heterocycles. The van der Waals surface area contributed by atoms with Gasteiger partial charge in [0, 0.05) is 44.5 Å². The molecule has 0 amide bonds. The fraction of sp³-hybridized carbons (Fsp3) is 0.321. The molecule has 596 valence electrons. The SMILES string of the molecule is CCCCCc1ccc(-c2ccc(-c3ccc(CC)cc3)c(F)c2F)cc1.CCCCCc1ccc(-c2ccc(-c3ccc(CCC)cc3)c(F)c2F)cc1.CCCCCc1ccc(-c2ccc(-c3ccc(CCCC)cc3)c(F)c2F)cc1.CCCCCc1ccc(-c2ccc(-c3ccc(CCCCC)cc3)c(F)c2F)cc1. The third kappa shape index (κ3) is 25.0. The van der Waals surface area contributed by atoms with Gasteiger partial charge in [0.15, 0.2) is 46.5 Å². The van der Waals surface area contributed by atoms with Crippen LogP contribution in [-0.2, 0) is 51.4 Å². The predicted octanol–water partition coefficient (Wildman–Crippen LogP) is 32.7.